The van der Waals surface area contributed by atoms with Crippen LogP contribution < -0.4 is 19.4 Å². The summed E-state index contributed by atoms with van der Waals surface area (Å²) in [5, 5.41) is 0. The van der Waals surface area contributed by atoms with Crippen LogP contribution in [0.3, 0.4) is 0 Å². The SMILES string of the molecule is Cc1ccnc(N2c3ccccc3-c3ccccc3-c3ccc(Oc4cccc(N5C=CN(c6ccccc6)C5)c4)cc32)c1. The number of rotatable bonds is 5. The van der Waals surface area contributed by atoms with Gasteiger partial charge >= 0.3 is 0 Å². The molecule has 3 heterocycles. The van der Waals surface area contributed by atoms with E-state index in [1.165, 1.54) is 22.4 Å². The number of aromatic nitrogens is 1. The molecule has 0 aliphatic carbocycles. The number of fused-ring (bicyclic) bond motifs is 5. The van der Waals surface area contributed by atoms with Crippen molar-refractivity contribution in [3.63, 3.8) is 0 Å². The third kappa shape index (κ3) is 4.65. The zero-order chi connectivity index (χ0) is 29.5. The average Bonchev–Trinajstić information content (AvgIpc) is 3.53. The lowest BCUT2D eigenvalue weighted by molar-refractivity contribution is 0.483. The molecule has 0 radical (unpaired) electrons. The summed E-state index contributed by atoms with van der Waals surface area (Å²) in [5.41, 5.74) is 10.2. The maximum Gasteiger partial charge on any atom is 0.137 e. The summed E-state index contributed by atoms with van der Waals surface area (Å²) in [7, 11) is 0. The number of aryl methyl sites for hydroxylation is 1. The molecule has 0 amide bonds. The molecule has 0 saturated carbocycles. The Morgan fingerprint density at radius 1 is 0.545 bits per heavy atom. The predicted octanol–water partition coefficient (Wildman–Crippen LogP) is 10.1. The second kappa shape index (κ2) is 10.8. The summed E-state index contributed by atoms with van der Waals surface area (Å²) in [6, 6.07) is 46.4. The predicted molar refractivity (Wildman–Crippen MR) is 180 cm³/mol. The first kappa shape index (κ1) is 25.9. The molecule has 0 N–H and O–H groups in total. The summed E-state index contributed by atoms with van der Waals surface area (Å²) in [5.74, 6) is 2.41. The molecule has 212 valence electrons. The van der Waals surface area contributed by atoms with E-state index in [1.807, 2.05) is 30.5 Å². The molecule has 0 saturated heterocycles. The van der Waals surface area contributed by atoms with Gasteiger partial charge in [-0.2, -0.15) is 0 Å². The van der Waals surface area contributed by atoms with Crippen molar-refractivity contribution in [1.82, 2.24) is 4.98 Å². The van der Waals surface area contributed by atoms with Crippen LogP contribution in [0.15, 0.2) is 152 Å². The van der Waals surface area contributed by atoms with Gasteiger partial charge in [0.1, 0.15) is 17.3 Å². The van der Waals surface area contributed by atoms with Gasteiger partial charge in [0.25, 0.3) is 0 Å². The van der Waals surface area contributed by atoms with Crippen LogP contribution in [-0.4, -0.2) is 11.7 Å². The van der Waals surface area contributed by atoms with Crippen molar-refractivity contribution in [2.75, 3.05) is 21.4 Å². The van der Waals surface area contributed by atoms with Gasteiger partial charge in [0.05, 0.1) is 18.0 Å². The number of hydrogen-bond donors (Lipinski definition) is 0. The van der Waals surface area contributed by atoms with E-state index in [1.54, 1.807) is 0 Å². The van der Waals surface area contributed by atoms with Gasteiger partial charge in [-0.1, -0.05) is 66.7 Å². The highest BCUT2D eigenvalue weighted by Gasteiger charge is 2.27. The Morgan fingerprint density at radius 2 is 1.20 bits per heavy atom. The van der Waals surface area contributed by atoms with Gasteiger partial charge in [-0.3, -0.25) is 4.90 Å². The van der Waals surface area contributed by atoms with Gasteiger partial charge in [-0.05, 0) is 78.2 Å². The second-order valence-corrected chi connectivity index (χ2v) is 11.1. The Morgan fingerprint density at radius 3 is 2.00 bits per heavy atom. The number of pyridine rings is 1. The van der Waals surface area contributed by atoms with Crippen LogP contribution >= 0.6 is 0 Å². The zero-order valence-corrected chi connectivity index (χ0v) is 24.3. The first-order valence-electron chi connectivity index (χ1n) is 14.8. The first-order chi connectivity index (χ1) is 21.7. The van der Waals surface area contributed by atoms with Gasteiger partial charge in [-0.15, -0.1) is 0 Å². The van der Waals surface area contributed by atoms with E-state index in [2.05, 4.69) is 143 Å². The highest BCUT2D eigenvalue weighted by molar-refractivity contribution is 6.02. The minimum absolute atomic E-state index is 0.740. The highest BCUT2D eigenvalue weighted by atomic mass is 16.5. The molecule has 0 bridgehead atoms. The number of benzene rings is 5. The van der Waals surface area contributed by atoms with Crippen LogP contribution in [0.1, 0.15) is 5.56 Å². The van der Waals surface area contributed by atoms with E-state index in [0.29, 0.717) is 0 Å². The Hall–Kier alpha value is -5.81. The van der Waals surface area contributed by atoms with Crippen molar-refractivity contribution >= 4 is 28.6 Å². The molecular weight excluding hydrogens is 540 g/mol. The van der Waals surface area contributed by atoms with Crippen LogP contribution in [0.5, 0.6) is 11.5 Å². The van der Waals surface area contributed by atoms with Crippen molar-refractivity contribution < 1.29 is 4.74 Å². The Bertz CT molecular complexity index is 2020. The van der Waals surface area contributed by atoms with Gasteiger partial charge in [-0.25, -0.2) is 4.98 Å². The first-order valence-corrected chi connectivity index (χ1v) is 14.8. The van der Waals surface area contributed by atoms with E-state index < -0.39 is 0 Å². The normalized spacial score (nSPS) is 13.2. The quantitative estimate of drug-likeness (QED) is 0.206. The molecule has 1 aromatic heterocycles. The van der Waals surface area contributed by atoms with Crippen molar-refractivity contribution in [2.24, 2.45) is 0 Å². The number of anilines is 5. The Kier molecular flexibility index (Phi) is 6.34. The smallest absolute Gasteiger partial charge is 0.137 e. The third-order valence-corrected chi connectivity index (χ3v) is 8.20. The number of hydrogen-bond acceptors (Lipinski definition) is 5. The van der Waals surface area contributed by atoms with E-state index in [-0.39, 0.29) is 0 Å². The van der Waals surface area contributed by atoms with E-state index >= 15 is 0 Å². The molecule has 0 fully saturated rings. The van der Waals surface area contributed by atoms with E-state index in [0.717, 1.165) is 52.2 Å². The lowest BCUT2D eigenvalue weighted by Gasteiger charge is -2.27. The van der Waals surface area contributed by atoms with Gasteiger partial charge in [0, 0.05) is 53.2 Å². The van der Waals surface area contributed by atoms with Crippen LogP contribution in [-0.2, 0) is 0 Å². The third-order valence-electron chi connectivity index (χ3n) is 8.20. The molecule has 8 rings (SSSR count). The number of para-hydroxylation sites is 2. The summed E-state index contributed by atoms with van der Waals surface area (Å²) in [6.45, 7) is 2.84. The molecule has 5 heteroatoms. The molecule has 2 aliphatic heterocycles. The van der Waals surface area contributed by atoms with Crippen LogP contribution in [0.4, 0.5) is 28.6 Å². The second-order valence-electron chi connectivity index (χ2n) is 11.1. The van der Waals surface area contributed by atoms with Gasteiger partial charge in [0.2, 0.25) is 0 Å². The number of ether oxygens (including phenoxy) is 1. The highest BCUT2D eigenvalue weighted by Crippen LogP contribution is 2.51. The topological polar surface area (TPSA) is 31.8 Å². The monoisotopic (exact) mass is 570 g/mol. The summed E-state index contributed by atoms with van der Waals surface area (Å²) in [6.07, 6.45) is 6.09. The molecule has 5 aromatic carbocycles. The Balaban J connectivity index is 1.18. The molecule has 0 unspecified atom stereocenters. The lowest BCUT2D eigenvalue weighted by Crippen LogP contribution is -2.24. The molecule has 0 atom stereocenters. The van der Waals surface area contributed by atoms with Crippen molar-refractivity contribution in [3.05, 3.63) is 158 Å². The minimum Gasteiger partial charge on any atom is -0.457 e. The lowest BCUT2D eigenvalue weighted by atomic mass is 9.95. The summed E-state index contributed by atoms with van der Waals surface area (Å²) < 4.78 is 6.57. The van der Waals surface area contributed by atoms with Gasteiger partial charge < -0.3 is 14.5 Å². The Labute approximate surface area is 257 Å². The molecule has 6 aromatic rings. The fourth-order valence-electron chi connectivity index (χ4n) is 6.09. The molecule has 44 heavy (non-hydrogen) atoms. The van der Waals surface area contributed by atoms with Crippen LogP contribution in [0.25, 0.3) is 22.3 Å². The minimum atomic E-state index is 0.740. The zero-order valence-electron chi connectivity index (χ0n) is 24.3. The maximum atomic E-state index is 6.57. The summed E-state index contributed by atoms with van der Waals surface area (Å²) in [4.78, 5) is 11.5. The maximum absolute atomic E-state index is 6.57. The van der Waals surface area contributed by atoms with Crippen molar-refractivity contribution in [3.8, 4) is 33.8 Å². The van der Waals surface area contributed by atoms with Crippen molar-refractivity contribution in [2.45, 2.75) is 6.92 Å². The van der Waals surface area contributed by atoms with Crippen LogP contribution in [0, 0.1) is 6.92 Å². The van der Waals surface area contributed by atoms with E-state index in [4.69, 9.17) is 9.72 Å². The van der Waals surface area contributed by atoms with Crippen molar-refractivity contribution in [1.29, 1.82) is 0 Å². The van der Waals surface area contributed by atoms with Gasteiger partial charge in [0.15, 0.2) is 0 Å². The summed E-state index contributed by atoms with van der Waals surface area (Å²) >= 11 is 0. The molecule has 0 spiro atoms. The van der Waals surface area contributed by atoms with E-state index in [9.17, 15) is 0 Å². The molecular formula is C39H30N4O. The average molecular weight is 571 g/mol. The largest absolute Gasteiger partial charge is 0.457 e. The number of nitrogens with zero attached hydrogens (tertiary/aromatic N) is 4. The fraction of sp³-hybridized carbons (Fsp3) is 0.0513. The van der Waals surface area contributed by atoms with Crippen LogP contribution in [0.2, 0.25) is 0 Å². The standard InChI is InChI=1S/C39H30N4O/c1-28-20-21-40-39(24-28)43-37-17-8-7-16-35(37)33-14-5-6-15-34(33)36-19-18-32(26-38(36)43)44-31-13-9-12-30(25-31)42-23-22-41(27-42)29-10-3-2-4-11-29/h2-26H,27H2,1H3. The molecule has 5 nitrogen and oxygen atoms in total. The molecule has 2 aliphatic rings. The fourth-order valence-corrected chi connectivity index (χ4v) is 6.09.